The fourth-order valence-corrected chi connectivity index (χ4v) is 11.8. The summed E-state index contributed by atoms with van der Waals surface area (Å²) in [5, 5.41) is 11.0. The molecule has 5 aliphatic carbocycles. The van der Waals surface area contributed by atoms with Crippen LogP contribution in [0.3, 0.4) is 0 Å². The van der Waals surface area contributed by atoms with E-state index in [1.54, 1.807) is 6.08 Å². The number of carbonyl (C=O) groups is 1. The summed E-state index contributed by atoms with van der Waals surface area (Å²) in [7, 11) is 0. The standard InChI is InChI=1S/C33H52O3/c1-9-20-36-28(35)33-17-12-22(21(2)3)27(33)23-10-11-25-30(6)15-14-26(34)29(4,5)24(30)13-16-32(25,8)31(23,7)18-19-33/h9,22-27,34H,1-2,10-20H2,3-8H3/t22?,23?,24?,25?,26-,27?,30-,31+,32+,33-/m0/s1. The van der Waals surface area contributed by atoms with Crippen molar-refractivity contribution in [2.45, 2.75) is 112 Å². The van der Waals surface area contributed by atoms with E-state index in [0.717, 1.165) is 38.5 Å². The molecule has 0 aromatic heterocycles. The highest BCUT2D eigenvalue weighted by molar-refractivity contribution is 5.78. The lowest BCUT2D eigenvalue weighted by molar-refractivity contribution is -0.248. The monoisotopic (exact) mass is 496 g/mol. The Bertz CT molecular complexity index is 935. The normalized spacial score (nSPS) is 51.2. The van der Waals surface area contributed by atoms with Crippen LogP contribution in [0.25, 0.3) is 0 Å². The van der Waals surface area contributed by atoms with E-state index in [4.69, 9.17) is 4.74 Å². The lowest BCUT2D eigenvalue weighted by atomic mass is 9.32. The minimum absolute atomic E-state index is 0.0147. The second kappa shape index (κ2) is 8.45. The van der Waals surface area contributed by atoms with E-state index < -0.39 is 0 Å². The highest BCUT2D eigenvalue weighted by atomic mass is 16.5. The maximum atomic E-state index is 13.7. The average Bonchev–Trinajstić information content (AvgIpc) is 3.22. The molecule has 36 heavy (non-hydrogen) atoms. The highest BCUT2D eigenvalue weighted by Crippen LogP contribution is 2.77. The summed E-state index contributed by atoms with van der Waals surface area (Å²) in [6, 6.07) is 0. The van der Waals surface area contributed by atoms with E-state index >= 15 is 0 Å². The van der Waals surface area contributed by atoms with E-state index in [1.165, 1.54) is 31.3 Å². The molecule has 3 nitrogen and oxygen atoms in total. The summed E-state index contributed by atoms with van der Waals surface area (Å²) in [4.78, 5) is 13.7. The molecule has 5 fully saturated rings. The summed E-state index contributed by atoms with van der Waals surface area (Å²) < 4.78 is 5.82. The largest absolute Gasteiger partial charge is 0.461 e. The van der Waals surface area contributed by atoms with Gasteiger partial charge in [0.2, 0.25) is 0 Å². The van der Waals surface area contributed by atoms with Gasteiger partial charge in [-0.1, -0.05) is 59.4 Å². The first-order valence-corrected chi connectivity index (χ1v) is 14.9. The van der Waals surface area contributed by atoms with Crippen LogP contribution < -0.4 is 0 Å². The van der Waals surface area contributed by atoms with Crippen LogP contribution in [0.2, 0.25) is 0 Å². The van der Waals surface area contributed by atoms with Crippen LogP contribution in [-0.4, -0.2) is 23.8 Å². The van der Waals surface area contributed by atoms with Gasteiger partial charge in [0.05, 0.1) is 11.5 Å². The molecule has 5 rings (SSSR count). The Morgan fingerprint density at radius 1 is 0.917 bits per heavy atom. The first-order valence-electron chi connectivity index (χ1n) is 14.9. The van der Waals surface area contributed by atoms with Crippen molar-refractivity contribution in [1.29, 1.82) is 0 Å². The quantitative estimate of drug-likeness (QED) is 0.320. The van der Waals surface area contributed by atoms with Gasteiger partial charge in [-0.05, 0) is 122 Å². The van der Waals surface area contributed by atoms with Crippen LogP contribution in [-0.2, 0) is 9.53 Å². The van der Waals surface area contributed by atoms with E-state index in [-0.39, 0.29) is 39.1 Å². The molecule has 5 aliphatic rings. The van der Waals surface area contributed by atoms with Gasteiger partial charge in [-0.2, -0.15) is 0 Å². The summed E-state index contributed by atoms with van der Waals surface area (Å²) in [5.74, 6) is 2.60. The average molecular weight is 497 g/mol. The number of aliphatic hydroxyl groups is 1. The number of ether oxygens (including phenoxy) is 1. The molecule has 0 aliphatic heterocycles. The van der Waals surface area contributed by atoms with Crippen molar-refractivity contribution in [3.63, 3.8) is 0 Å². The van der Waals surface area contributed by atoms with Crippen molar-refractivity contribution < 1.29 is 14.6 Å². The Hall–Kier alpha value is -1.09. The SMILES string of the molecule is C=CCOC(=O)[C@]12CCC(C(=C)C)C1C1CCC3[C@@]4(C)CC[C@H](O)C(C)(C)C4CC[C@@]3(C)[C@]1(C)CC2. The van der Waals surface area contributed by atoms with Gasteiger partial charge in [0.1, 0.15) is 6.61 Å². The Morgan fingerprint density at radius 2 is 1.64 bits per heavy atom. The van der Waals surface area contributed by atoms with E-state index in [2.05, 4.69) is 54.7 Å². The van der Waals surface area contributed by atoms with Crippen LogP contribution in [0.5, 0.6) is 0 Å². The fourth-order valence-electron chi connectivity index (χ4n) is 11.8. The number of fused-ring (bicyclic) bond motifs is 7. The molecule has 0 amide bonds. The summed E-state index contributed by atoms with van der Waals surface area (Å²) in [6.45, 7) is 23.2. The number of rotatable bonds is 4. The minimum Gasteiger partial charge on any atom is -0.461 e. The van der Waals surface area contributed by atoms with Gasteiger partial charge in [-0.15, -0.1) is 0 Å². The van der Waals surface area contributed by atoms with Crippen LogP contribution in [0.15, 0.2) is 24.8 Å². The van der Waals surface area contributed by atoms with Crippen molar-refractivity contribution in [3.8, 4) is 0 Å². The zero-order valence-corrected chi connectivity index (χ0v) is 24.0. The minimum atomic E-state index is -0.349. The third kappa shape index (κ3) is 3.23. The topological polar surface area (TPSA) is 46.5 Å². The third-order valence-electron chi connectivity index (χ3n) is 13.8. The number of allylic oxidation sites excluding steroid dienone is 1. The van der Waals surface area contributed by atoms with Gasteiger partial charge >= 0.3 is 5.97 Å². The van der Waals surface area contributed by atoms with Crippen LogP contribution in [0.1, 0.15) is 106 Å². The summed E-state index contributed by atoms with van der Waals surface area (Å²) in [5.41, 5.74) is 1.66. The van der Waals surface area contributed by atoms with Gasteiger partial charge in [0.25, 0.3) is 0 Å². The molecule has 5 saturated carbocycles. The highest BCUT2D eigenvalue weighted by Gasteiger charge is 2.72. The lowest BCUT2D eigenvalue weighted by Crippen LogP contribution is -2.67. The third-order valence-corrected chi connectivity index (χ3v) is 13.8. The molecular weight excluding hydrogens is 444 g/mol. The fraction of sp³-hybridized carbons (Fsp3) is 0.848. The second-order valence-electron chi connectivity index (χ2n) is 15.1. The molecule has 0 bridgehead atoms. The van der Waals surface area contributed by atoms with Crippen LogP contribution in [0, 0.1) is 56.7 Å². The number of aliphatic hydroxyl groups excluding tert-OH is 1. The predicted molar refractivity (Wildman–Crippen MR) is 146 cm³/mol. The maximum Gasteiger partial charge on any atom is 0.312 e. The first kappa shape index (κ1) is 26.5. The van der Waals surface area contributed by atoms with Crippen LogP contribution in [0.4, 0.5) is 0 Å². The molecule has 0 spiro atoms. The van der Waals surface area contributed by atoms with Crippen molar-refractivity contribution in [3.05, 3.63) is 24.8 Å². The molecule has 0 saturated heterocycles. The van der Waals surface area contributed by atoms with Crippen molar-refractivity contribution >= 4 is 5.97 Å². The molecule has 0 aromatic rings. The zero-order chi connectivity index (χ0) is 26.3. The second-order valence-corrected chi connectivity index (χ2v) is 15.1. The smallest absolute Gasteiger partial charge is 0.312 e. The van der Waals surface area contributed by atoms with E-state index in [0.29, 0.717) is 36.2 Å². The summed E-state index contributed by atoms with van der Waals surface area (Å²) in [6.07, 6.45) is 12.7. The number of carbonyl (C=O) groups excluding carboxylic acids is 1. The molecule has 3 heteroatoms. The Labute approximate surface area is 220 Å². The van der Waals surface area contributed by atoms with Crippen molar-refractivity contribution in [2.24, 2.45) is 56.7 Å². The van der Waals surface area contributed by atoms with Gasteiger partial charge in [0, 0.05) is 0 Å². The Kier molecular flexibility index (Phi) is 6.23. The maximum absolute atomic E-state index is 13.7. The van der Waals surface area contributed by atoms with Crippen molar-refractivity contribution in [1.82, 2.24) is 0 Å². The van der Waals surface area contributed by atoms with E-state index in [9.17, 15) is 9.90 Å². The molecule has 1 N–H and O–H groups in total. The molecule has 5 unspecified atom stereocenters. The zero-order valence-electron chi connectivity index (χ0n) is 24.0. The molecule has 0 heterocycles. The number of esters is 1. The molecule has 202 valence electrons. The summed E-state index contributed by atoms with van der Waals surface area (Å²) >= 11 is 0. The van der Waals surface area contributed by atoms with Gasteiger partial charge in [0.15, 0.2) is 0 Å². The van der Waals surface area contributed by atoms with Crippen molar-refractivity contribution in [2.75, 3.05) is 6.61 Å². The van der Waals surface area contributed by atoms with E-state index in [1.807, 2.05) is 0 Å². The number of hydrogen-bond donors (Lipinski definition) is 1. The van der Waals surface area contributed by atoms with Crippen LogP contribution >= 0.6 is 0 Å². The van der Waals surface area contributed by atoms with Gasteiger partial charge < -0.3 is 9.84 Å². The first-order chi connectivity index (χ1) is 16.8. The lowest BCUT2D eigenvalue weighted by Gasteiger charge is -2.72. The predicted octanol–water partition coefficient (Wildman–Crippen LogP) is 7.73. The Balaban J connectivity index is 1.54. The molecule has 10 atom stereocenters. The molecule has 0 aromatic carbocycles. The Morgan fingerprint density at radius 3 is 2.31 bits per heavy atom. The van der Waals surface area contributed by atoms with Gasteiger partial charge in [-0.25, -0.2) is 0 Å². The number of hydrogen-bond acceptors (Lipinski definition) is 3. The molecule has 0 radical (unpaired) electrons. The van der Waals surface area contributed by atoms with Gasteiger partial charge in [-0.3, -0.25) is 4.79 Å². The molecular formula is C33H52O3.